The first-order valence-corrected chi connectivity index (χ1v) is 8.26. The van der Waals surface area contributed by atoms with Crippen LogP contribution in [0.25, 0.3) is 10.9 Å². The highest BCUT2D eigenvalue weighted by atomic mass is 16.3. The molecule has 124 valence electrons. The summed E-state index contributed by atoms with van der Waals surface area (Å²) in [6, 6.07) is 15.3. The summed E-state index contributed by atoms with van der Waals surface area (Å²) < 4.78 is 0. The van der Waals surface area contributed by atoms with Gasteiger partial charge in [-0.2, -0.15) is 0 Å². The number of aliphatic hydroxyl groups is 1. The number of benzene rings is 2. The number of rotatable bonds is 6. The molecule has 1 atom stereocenters. The second-order valence-electron chi connectivity index (χ2n) is 5.90. The summed E-state index contributed by atoms with van der Waals surface area (Å²) in [5, 5.41) is 13.6. The van der Waals surface area contributed by atoms with Crippen LogP contribution in [-0.4, -0.2) is 22.6 Å². The Morgan fingerprint density at radius 3 is 2.62 bits per heavy atom. The Morgan fingerprint density at radius 2 is 1.92 bits per heavy atom. The van der Waals surface area contributed by atoms with Crippen molar-refractivity contribution < 1.29 is 9.90 Å². The van der Waals surface area contributed by atoms with Crippen LogP contribution in [0.2, 0.25) is 0 Å². The van der Waals surface area contributed by atoms with Gasteiger partial charge < -0.3 is 15.4 Å². The Labute approximate surface area is 141 Å². The van der Waals surface area contributed by atoms with Crippen molar-refractivity contribution in [3.8, 4) is 0 Å². The van der Waals surface area contributed by atoms with Gasteiger partial charge in [0.25, 0.3) is 0 Å². The van der Waals surface area contributed by atoms with E-state index in [0.29, 0.717) is 0 Å². The monoisotopic (exact) mass is 322 g/mol. The Kier molecular flexibility index (Phi) is 4.96. The molecule has 0 bridgehead atoms. The first kappa shape index (κ1) is 16.3. The van der Waals surface area contributed by atoms with Gasteiger partial charge in [0.15, 0.2) is 0 Å². The minimum Gasteiger partial charge on any atom is -0.394 e. The van der Waals surface area contributed by atoms with Gasteiger partial charge in [-0.25, -0.2) is 0 Å². The summed E-state index contributed by atoms with van der Waals surface area (Å²) in [5.41, 5.74) is 4.23. The quantitative estimate of drug-likeness (QED) is 0.653. The molecular weight excluding hydrogens is 300 g/mol. The van der Waals surface area contributed by atoms with Crippen LogP contribution in [0.3, 0.4) is 0 Å². The number of amides is 1. The summed E-state index contributed by atoms with van der Waals surface area (Å²) >= 11 is 0. The molecular formula is C20H22N2O2. The molecule has 0 fully saturated rings. The van der Waals surface area contributed by atoms with Crippen LogP contribution in [0.1, 0.15) is 29.7 Å². The van der Waals surface area contributed by atoms with Crippen molar-refractivity contribution in [1.82, 2.24) is 10.3 Å². The van der Waals surface area contributed by atoms with Crippen molar-refractivity contribution in [2.45, 2.75) is 25.8 Å². The van der Waals surface area contributed by atoms with E-state index in [1.165, 1.54) is 5.56 Å². The number of hydrogen-bond donors (Lipinski definition) is 3. The van der Waals surface area contributed by atoms with E-state index in [1.54, 1.807) is 0 Å². The van der Waals surface area contributed by atoms with E-state index < -0.39 is 0 Å². The molecule has 2 aromatic carbocycles. The molecule has 4 nitrogen and oxygen atoms in total. The zero-order chi connectivity index (χ0) is 16.9. The summed E-state index contributed by atoms with van der Waals surface area (Å²) in [6.07, 6.45) is 3.14. The smallest absolute Gasteiger partial charge is 0.225 e. The van der Waals surface area contributed by atoms with Gasteiger partial charge >= 0.3 is 0 Å². The molecule has 3 rings (SSSR count). The fourth-order valence-corrected chi connectivity index (χ4v) is 3.05. The number of nitrogens with one attached hydrogen (secondary N) is 2. The van der Waals surface area contributed by atoms with Gasteiger partial charge in [0.2, 0.25) is 5.91 Å². The average molecular weight is 322 g/mol. The molecule has 3 N–H and O–H groups in total. The first-order valence-electron chi connectivity index (χ1n) is 8.26. The van der Waals surface area contributed by atoms with Gasteiger partial charge in [0.1, 0.15) is 0 Å². The Balaban J connectivity index is 1.75. The molecule has 1 heterocycles. The number of carbonyl (C=O) groups excluding carboxylic acids is 1. The number of hydrogen-bond acceptors (Lipinski definition) is 2. The number of aryl methyl sites for hydroxylation is 1. The zero-order valence-electron chi connectivity index (χ0n) is 13.8. The number of aromatic nitrogens is 1. The number of para-hydroxylation sites is 1. The summed E-state index contributed by atoms with van der Waals surface area (Å²) in [4.78, 5) is 15.7. The predicted octanol–water partition coefficient (Wildman–Crippen LogP) is 3.12. The lowest BCUT2D eigenvalue weighted by Crippen LogP contribution is -2.31. The van der Waals surface area contributed by atoms with Gasteiger partial charge in [-0.1, -0.05) is 55.5 Å². The standard InChI is InChI=1S/C20H22N2O2/c1-2-14-9-6-10-17-16(12-21-20(14)17)11-19(24)22-18(13-23)15-7-4-3-5-8-15/h3-10,12,18,21,23H,2,11,13H2,1H3,(H,22,24). The maximum absolute atomic E-state index is 12.4. The molecule has 3 aromatic rings. The van der Waals surface area contributed by atoms with Crippen molar-refractivity contribution in [3.05, 3.63) is 71.4 Å². The molecule has 0 radical (unpaired) electrons. The fraction of sp³-hybridized carbons (Fsp3) is 0.250. The predicted molar refractivity (Wildman–Crippen MR) is 95.8 cm³/mol. The van der Waals surface area contributed by atoms with Crippen LogP contribution in [0, 0.1) is 0 Å². The van der Waals surface area contributed by atoms with Gasteiger partial charge in [0.05, 0.1) is 19.1 Å². The van der Waals surface area contributed by atoms with E-state index in [-0.39, 0.29) is 25.0 Å². The van der Waals surface area contributed by atoms with Crippen LogP contribution in [0.5, 0.6) is 0 Å². The molecule has 0 saturated carbocycles. The maximum atomic E-state index is 12.4. The van der Waals surface area contributed by atoms with Gasteiger partial charge in [-0.3, -0.25) is 4.79 Å². The highest BCUT2D eigenvalue weighted by Gasteiger charge is 2.15. The van der Waals surface area contributed by atoms with Crippen molar-refractivity contribution >= 4 is 16.8 Å². The average Bonchev–Trinajstić information content (AvgIpc) is 3.03. The van der Waals surface area contributed by atoms with E-state index in [2.05, 4.69) is 23.3 Å². The molecule has 0 saturated heterocycles. The number of H-pyrrole nitrogens is 1. The van der Waals surface area contributed by atoms with Crippen LogP contribution in [0.15, 0.2) is 54.7 Å². The third-order valence-electron chi connectivity index (χ3n) is 4.34. The van der Waals surface area contributed by atoms with Crippen LogP contribution < -0.4 is 5.32 Å². The molecule has 0 aliphatic rings. The molecule has 1 unspecified atom stereocenters. The van der Waals surface area contributed by atoms with Crippen molar-refractivity contribution in [2.75, 3.05) is 6.61 Å². The molecule has 0 spiro atoms. The zero-order valence-corrected chi connectivity index (χ0v) is 13.8. The second-order valence-corrected chi connectivity index (χ2v) is 5.90. The van der Waals surface area contributed by atoms with Crippen LogP contribution in [-0.2, 0) is 17.6 Å². The SMILES string of the molecule is CCc1cccc2c(CC(=O)NC(CO)c3ccccc3)c[nH]c12. The highest BCUT2D eigenvalue weighted by molar-refractivity contribution is 5.90. The summed E-state index contributed by atoms with van der Waals surface area (Å²) in [7, 11) is 0. The Morgan fingerprint density at radius 1 is 1.12 bits per heavy atom. The number of aromatic amines is 1. The highest BCUT2D eigenvalue weighted by Crippen LogP contribution is 2.23. The Bertz CT molecular complexity index is 824. The largest absolute Gasteiger partial charge is 0.394 e. The van der Waals surface area contributed by atoms with Crippen molar-refractivity contribution in [3.63, 3.8) is 0 Å². The second kappa shape index (κ2) is 7.32. The molecule has 0 aliphatic carbocycles. The van der Waals surface area contributed by atoms with E-state index in [4.69, 9.17) is 0 Å². The number of fused-ring (bicyclic) bond motifs is 1. The van der Waals surface area contributed by atoms with Crippen molar-refractivity contribution in [2.24, 2.45) is 0 Å². The minimum atomic E-state index is -0.380. The Hall–Kier alpha value is -2.59. The molecule has 4 heteroatoms. The summed E-state index contributed by atoms with van der Waals surface area (Å²) in [5.74, 6) is -0.0966. The lowest BCUT2D eigenvalue weighted by molar-refractivity contribution is -0.121. The van der Waals surface area contributed by atoms with Crippen LogP contribution >= 0.6 is 0 Å². The fourth-order valence-electron chi connectivity index (χ4n) is 3.05. The van der Waals surface area contributed by atoms with Gasteiger partial charge in [-0.05, 0) is 23.1 Å². The van der Waals surface area contributed by atoms with Gasteiger partial charge in [0, 0.05) is 17.1 Å². The molecule has 24 heavy (non-hydrogen) atoms. The minimum absolute atomic E-state index is 0.0966. The van der Waals surface area contributed by atoms with E-state index in [1.807, 2.05) is 48.7 Å². The number of aliphatic hydroxyl groups excluding tert-OH is 1. The normalized spacial score (nSPS) is 12.2. The van der Waals surface area contributed by atoms with Crippen LogP contribution in [0.4, 0.5) is 0 Å². The van der Waals surface area contributed by atoms with Crippen molar-refractivity contribution in [1.29, 1.82) is 0 Å². The molecule has 0 aliphatic heterocycles. The maximum Gasteiger partial charge on any atom is 0.225 e. The number of carbonyl (C=O) groups is 1. The van der Waals surface area contributed by atoms with E-state index in [9.17, 15) is 9.90 Å². The molecule has 1 aromatic heterocycles. The first-order chi connectivity index (χ1) is 11.7. The third-order valence-corrected chi connectivity index (χ3v) is 4.34. The molecule has 1 amide bonds. The lowest BCUT2D eigenvalue weighted by atomic mass is 10.0. The van der Waals surface area contributed by atoms with E-state index in [0.717, 1.165) is 28.5 Å². The lowest BCUT2D eigenvalue weighted by Gasteiger charge is -2.16. The summed E-state index contributed by atoms with van der Waals surface area (Å²) in [6.45, 7) is 2.00. The van der Waals surface area contributed by atoms with E-state index >= 15 is 0 Å². The third kappa shape index (κ3) is 3.34. The van der Waals surface area contributed by atoms with Gasteiger partial charge in [-0.15, -0.1) is 0 Å². The topological polar surface area (TPSA) is 65.1 Å².